The molecule has 6 nitrogen and oxygen atoms in total. The van der Waals surface area contributed by atoms with Crippen molar-refractivity contribution < 1.29 is 4.79 Å². The summed E-state index contributed by atoms with van der Waals surface area (Å²) in [6, 6.07) is 3.61. The first-order valence-electron chi connectivity index (χ1n) is 6.10. The SMILES string of the molecule is CNc1ccncc1C(=O)NC(C)Cn1cccn1. The van der Waals surface area contributed by atoms with Crippen molar-refractivity contribution in [2.45, 2.75) is 19.5 Å². The van der Waals surface area contributed by atoms with Crippen LogP contribution < -0.4 is 10.6 Å². The lowest BCUT2D eigenvalue weighted by Gasteiger charge is -2.15. The fraction of sp³-hybridized carbons (Fsp3) is 0.308. The maximum absolute atomic E-state index is 12.1. The number of aromatic nitrogens is 3. The highest BCUT2D eigenvalue weighted by atomic mass is 16.1. The van der Waals surface area contributed by atoms with E-state index in [4.69, 9.17) is 0 Å². The average Bonchev–Trinajstić information content (AvgIpc) is 2.91. The normalized spacial score (nSPS) is 11.9. The molecule has 2 rings (SSSR count). The van der Waals surface area contributed by atoms with Gasteiger partial charge in [-0.15, -0.1) is 0 Å². The Morgan fingerprint density at radius 1 is 1.47 bits per heavy atom. The average molecular weight is 259 g/mol. The maximum Gasteiger partial charge on any atom is 0.255 e. The number of amides is 1. The van der Waals surface area contributed by atoms with Gasteiger partial charge in [-0.3, -0.25) is 14.5 Å². The summed E-state index contributed by atoms with van der Waals surface area (Å²) in [6.45, 7) is 2.57. The quantitative estimate of drug-likeness (QED) is 0.844. The molecule has 0 bridgehead atoms. The highest BCUT2D eigenvalue weighted by molar-refractivity contribution is 5.99. The monoisotopic (exact) mass is 259 g/mol. The van der Waals surface area contributed by atoms with Gasteiger partial charge in [0, 0.05) is 43.6 Å². The number of pyridine rings is 1. The summed E-state index contributed by atoms with van der Waals surface area (Å²) in [7, 11) is 1.78. The molecular formula is C13H17N5O. The molecule has 2 N–H and O–H groups in total. The molecule has 0 aromatic carbocycles. The number of carbonyl (C=O) groups excluding carboxylic acids is 1. The third-order valence-corrected chi connectivity index (χ3v) is 2.73. The predicted octanol–water partition coefficient (Wildman–Crippen LogP) is 1.14. The molecule has 2 heterocycles. The van der Waals surface area contributed by atoms with Crippen LogP contribution in [0.25, 0.3) is 0 Å². The number of hydrogen-bond acceptors (Lipinski definition) is 4. The molecule has 0 aliphatic heterocycles. The number of hydrogen-bond donors (Lipinski definition) is 2. The Morgan fingerprint density at radius 3 is 3.00 bits per heavy atom. The van der Waals surface area contributed by atoms with Crippen LogP contribution in [0.2, 0.25) is 0 Å². The van der Waals surface area contributed by atoms with Crippen LogP contribution in [0.1, 0.15) is 17.3 Å². The van der Waals surface area contributed by atoms with Crippen molar-refractivity contribution in [3.05, 3.63) is 42.5 Å². The Hall–Kier alpha value is -2.37. The van der Waals surface area contributed by atoms with E-state index in [0.717, 1.165) is 5.69 Å². The summed E-state index contributed by atoms with van der Waals surface area (Å²) in [5.74, 6) is -0.142. The van der Waals surface area contributed by atoms with Gasteiger partial charge in [0.05, 0.1) is 12.1 Å². The number of nitrogens with zero attached hydrogens (tertiary/aromatic N) is 3. The van der Waals surface area contributed by atoms with Crippen LogP contribution in [0, 0.1) is 0 Å². The van der Waals surface area contributed by atoms with Crippen molar-refractivity contribution in [2.24, 2.45) is 0 Å². The topological polar surface area (TPSA) is 71.8 Å². The van der Waals surface area contributed by atoms with Crippen LogP contribution in [0.5, 0.6) is 0 Å². The smallest absolute Gasteiger partial charge is 0.255 e. The summed E-state index contributed by atoms with van der Waals surface area (Å²) in [5.41, 5.74) is 1.30. The maximum atomic E-state index is 12.1. The molecule has 1 atom stereocenters. The van der Waals surface area contributed by atoms with Crippen LogP contribution >= 0.6 is 0 Å². The Bertz CT molecular complexity index is 538. The summed E-state index contributed by atoms with van der Waals surface area (Å²) >= 11 is 0. The number of nitrogens with one attached hydrogen (secondary N) is 2. The van der Waals surface area contributed by atoms with Crippen LogP contribution in [-0.4, -0.2) is 33.8 Å². The van der Waals surface area contributed by atoms with E-state index in [-0.39, 0.29) is 11.9 Å². The second kappa shape index (κ2) is 5.99. The standard InChI is InChI=1S/C13H17N5O/c1-10(9-18-7-3-5-16-18)17-13(19)11-8-15-6-4-12(11)14-2/h3-8,10H,9H2,1-2H3,(H,14,15)(H,17,19). The van der Waals surface area contributed by atoms with Crippen LogP contribution in [0.4, 0.5) is 5.69 Å². The first kappa shape index (κ1) is 13.1. The van der Waals surface area contributed by atoms with Gasteiger partial charge in [-0.1, -0.05) is 0 Å². The van der Waals surface area contributed by atoms with Gasteiger partial charge in [0.25, 0.3) is 5.91 Å². The minimum Gasteiger partial charge on any atom is -0.387 e. The van der Waals surface area contributed by atoms with Gasteiger partial charge in [0.15, 0.2) is 0 Å². The number of rotatable bonds is 5. The third-order valence-electron chi connectivity index (χ3n) is 2.73. The molecule has 0 aliphatic carbocycles. The van der Waals surface area contributed by atoms with E-state index in [0.29, 0.717) is 12.1 Å². The van der Waals surface area contributed by atoms with E-state index in [1.807, 2.05) is 19.2 Å². The second-order valence-electron chi connectivity index (χ2n) is 4.27. The van der Waals surface area contributed by atoms with Gasteiger partial charge in [0.1, 0.15) is 0 Å². The molecule has 19 heavy (non-hydrogen) atoms. The molecule has 100 valence electrons. The lowest BCUT2D eigenvalue weighted by atomic mass is 10.2. The largest absolute Gasteiger partial charge is 0.387 e. The van der Waals surface area contributed by atoms with Crippen molar-refractivity contribution in [2.75, 3.05) is 12.4 Å². The van der Waals surface area contributed by atoms with E-state index < -0.39 is 0 Å². The molecule has 1 amide bonds. The molecule has 2 aromatic heterocycles. The van der Waals surface area contributed by atoms with Gasteiger partial charge < -0.3 is 10.6 Å². The van der Waals surface area contributed by atoms with E-state index in [1.54, 1.807) is 36.4 Å². The molecule has 0 radical (unpaired) electrons. The Morgan fingerprint density at radius 2 is 2.32 bits per heavy atom. The summed E-state index contributed by atoms with van der Waals surface area (Å²) in [6.07, 6.45) is 6.79. The van der Waals surface area contributed by atoms with Crippen molar-refractivity contribution in [1.82, 2.24) is 20.1 Å². The van der Waals surface area contributed by atoms with Gasteiger partial charge in [-0.05, 0) is 19.1 Å². The lowest BCUT2D eigenvalue weighted by molar-refractivity contribution is 0.0936. The van der Waals surface area contributed by atoms with Gasteiger partial charge in [0.2, 0.25) is 0 Å². The van der Waals surface area contributed by atoms with Crippen LogP contribution in [0.15, 0.2) is 36.9 Å². The molecule has 0 saturated heterocycles. The van der Waals surface area contributed by atoms with E-state index >= 15 is 0 Å². The van der Waals surface area contributed by atoms with Crippen molar-refractivity contribution in [3.8, 4) is 0 Å². The fourth-order valence-corrected chi connectivity index (χ4v) is 1.83. The molecule has 0 saturated carbocycles. The molecule has 0 aliphatic rings. The van der Waals surface area contributed by atoms with Gasteiger partial charge in [-0.2, -0.15) is 5.10 Å². The Labute approximate surface area is 111 Å². The number of anilines is 1. The molecule has 0 spiro atoms. The zero-order valence-electron chi connectivity index (χ0n) is 11.0. The molecule has 1 unspecified atom stereocenters. The Balaban J connectivity index is 2.00. The van der Waals surface area contributed by atoms with Crippen LogP contribution in [-0.2, 0) is 6.54 Å². The van der Waals surface area contributed by atoms with Gasteiger partial charge in [-0.25, -0.2) is 0 Å². The summed E-state index contributed by atoms with van der Waals surface area (Å²) < 4.78 is 1.78. The number of carbonyl (C=O) groups is 1. The van der Waals surface area contributed by atoms with E-state index in [2.05, 4.69) is 20.7 Å². The fourth-order valence-electron chi connectivity index (χ4n) is 1.83. The first-order valence-corrected chi connectivity index (χ1v) is 6.10. The van der Waals surface area contributed by atoms with E-state index in [9.17, 15) is 4.79 Å². The zero-order valence-corrected chi connectivity index (χ0v) is 11.0. The summed E-state index contributed by atoms with van der Waals surface area (Å²) in [4.78, 5) is 16.1. The van der Waals surface area contributed by atoms with E-state index in [1.165, 1.54) is 0 Å². The Kier molecular flexibility index (Phi) is 4.12. The van der Waals surface area contributed by atoms with Crippen molar-refractivity contribution >= 4 is 11.6 Å². The molecule has 0 fully saturated rings. The third kappa shape index (κ3) is 3.31. The van der Waals surface area contributed by atoms with Crippen molar-refractivity contribution in [3.63, 3.8) is 0 Å². The molecular weight excluding hydrogens is 242 g/mol. The van der Waals surface area contributed by atoms with Crippen LogP contribution in [0.3, 0.4) is 0 Å². The zero-order chi connectivity index (χ0) is 13.7. The predicted molar refractivity (Wildman–Crippen MR) is 72.9 cm³/mol. The van der Waals surface area contributed by atoms with Gasteiger partial charge >= 0.3 is 0 Å². The first-order chi connectivity index (χ1) is 9.20. The highest BCUT2D eigenvalue weighted by Crippen LogP contribution is 2.12. The second-order valence-corrected chi connectivity index (χ2v) is 4.27. The molecule has 6 heteroatoms. The summed E-state index contributed by atoms with van der Waals surface area (Å²) in [5, 5.41) is 10.0. The molecule has 2 aromatic rings. The highest BCUT2D eigenvalue weighted by Gasteiger charge is 2.13. The minimum absolute atomic E-state index is 0.0164. The van der Waals surface area contributed by atoms with Crippen molar-refractivity contribution in [1.29, 1.82) is 0 Å². The minimum atomic E-state index is -0.142. The lowest BCUT2D eigenvalue weighted by Crippen LogP contribution is -2.36.